The lowest BCUT2D eigenvalue weighted by Gasteiger charge is -2.18. The van der Waals surface area contributed by atoms with Crippen molar-refractivity contribution in [1.82, 2.24) is 14.7 Å². The zero-order valence-corrected chi connectivity index (χ0v) is 10.4. The molecule has 90 valence electrons. The van der Waals surface area contributed by atoms with Gasteiger partial charge in [-0.1, -0.05) is 0 Å². The summed E-state index contributed by atoms with van der Waals surface area (Å²) in [5.41, 5.74) is 1.83. The maximum absolute atomic E-state index is 11.7. The van der Waals surface area contributed by atoms with E-state index in [1.807, 2.05) is 34.0 Å². The lowest BCUT2D eigenvalue weighted by atomic mass is 10.4. The first-order chi connectivity index (χ1) is 7.58. The van der Waals surface area contributed by atoms with Gasteiger partial charge in [0.15, 0.2) is 0 Å². The summed E-state index contributed by atoms with van der Waals surface area (Å²) >= 11 is 0. The summed E-state index contributed by atoms with van der Waals surface area (Å²) in [6, 6.07) is 0. The molecule has 1 aromatic rings. The van der Waals surface area contributed by atoms with Crippen LogP contribution >= 0.6 is 0 Å². The number of likely N-dealkylation sites (N-methyl/N-ethyl adjacent to an activating group) is 1. The summed E-state index contributed by atoms with van der Waals surface area (Å²) in [7, 11) is 1.87. The first kappa shape index (κ1) is 12.5. The van der Waals surface area contributed by atoms with Gasteiger partial charge in [0.2, 0.25) is 5.91 Å². The van der Waals surface area contributed by atoms with Gasteiger partial charge >= 0.3 is 0 Å². The molecule has 1 aromatic heterocycles. The summed E-state index contributed by atoms with van der Waals surface area (Å²) in [6.45, 7) is 7.72. The highest BCUT2D eigenvalue weighted by Gasteiger charge is 2.10. The van der Waals surface area contributed by atoms with E-state index in [9.17, 15) is 4.79 Å². The summed E-state index contributed by atoms with van der Waals surface area (Å²) in [6.07, 6.45) is 1.88. The molecule has 0 unspecified atom stereocenters. The largest absolute Gasteiger partial charge is 0.373 e. The second-order valence-corrected chi connectivity index (χ2v) is 3.72. The van der Waals surface area contributed by atoms with Crippen LogP contribution in [-0.4, -0.2) is 40.2 Å². The quantitative estimate of drug-likeness (QED) is 0.812. The number of nitrogens with one attached hydrogen (secondary N) is 1. The van der Waals surface area contributed by atoms with Gasteiger partial charge in [0, 0.05) is 26.3 Å². The highest BCUT2D eigenvalue weighted by molar-refractivity contribution is 5.80. The molecule has 0 bridgehead atoms. The Kier molecular flexibility index (Phi) is 4.34. The van der Waals surface area contributed by atoms with Crippen LogP contribution in [0.2, 0.25) is 0 Å². The molecule has 0 aliphatic heterocycles. The molecular weight excluding hydrogens is 204 g/mol. The van der Waals surface area contributed by atoms with E-state index >= 15 is 0 Å². The number of carbonyl (C=O) groups excluding carboxylic acids is 1. The summed E-state index contributed by atoms with van der Waals surface area (Å²) < 4.78 is 1.74. The number of hydrogen-bond donors (Lipinski definition) is 1. The molecule has 0 aliphatic carbocycles. The van der Waals surface area contributed by atoms with Crippen molar-refractivity contribution in [3.8, 4) is 0 Å². The maximum Gasteiger partial charge on any atom is 0.241 e. The Balaban J connectivity index is 2.51. The van der Waals surface area contributed by atoms with Gasteiger partial charge < -0.3 is 10.2 Å². The number of aromatic nitrogens is 2. The van der Waals surface area contributed by atoms with Gasteiger partial charge in [-0.05, 0) is 20.8 Å². The fourth-order valence-electron chi connectivity index (χ4n) is 1.63. The number of aryl methyl sites for hydroxylation is 2. The Labute approximate surface area is 96.4 Å². The molecule has 0 saturated heterocycles. The van der Waals surface area contributed by atoms with E-state index in [1.165, 1.54) is 0 Å². The lowest BCUT2D eigenvalue weighted by Crippen LogP contribution is -2.35. The van der Waals surface area contributed by atoms with Gasteiger partial charge in [0.05, 0.1) is 17.9 Å². The van der Waals surface area contributed by atoms with Crippen LogP contribution in [0.3, 0.4) is 0 Å². The van der Waals surface area contributed by atoms with Gasteiger partial charge in [-0.25, -0.2) is 0 Å². The van der Waals surface area contributed by atoms with Gasteiger partial charge in [-0.3, -0.25) is 9.48 Å². The molecule has 5 nitrogen and oxygen atoms in total. The molecule has 0 saturated carbocycles. The van der Waals surface area contributed by atoms with E-state index in [4.69, 9.17) is 0 Å². The normalized spacial score (nSPS) is 10.2. The van der Waals surface area contributed by atoms with Crippen LogP contribution in [0, 0.1) is 6.92 Å². The molecule has 0 spiro atoms. The third-order valence-electron chi connectivity index (χ3n) is 2.56. The minimum atomic E-state index is 0.119. The van der Waals surface area contributed by atoms with E-state index in [0.29, 0.717) is 6.54 Å². The van der Waals surface area contributed by atoms with Crippen LogP contribution in [0.15, 0.2) is 6.20 Å². The standard InChI is InChI=1S/C11H20N4O/c1-5-15(6-2)11(16)7-12-10-8-14(4)13-9(10)3/h8,12H,5-7H2,1-4H3. The predicted molar refractivity (Wildman–Crippen MR) is 64.4 cm³/mol. The summed E-state index contributed by atoms with van der Waals surface area (Å²) in [4.78, 5) is 13.5. The third kappa shape index (κ3) is 2.98. The van der Waals surface area contributed by atoms with Crippen molar-refractivity contribution in [3.05, 3.63) is 11.9 Å². The zero-order valence-electron chi connectivity index (χ0n) is 10.4. The van der Waals surface area contributed by atoms with Crippen molar-refractivity contribution in [3.63, 3.8) is 0 Å². The fraction of sp³-hybridized carbons (Fsp3) is 0.636. The van der Waals surface area contributed by atoms with Gasteiger partial charge in [0.25, 0.3) is 0 Å². The molecule has 0 fully saturated rings. The number of anilines is 1. The molecule has 0 radical (unpaired) electrons. The molecule has 0 aromatic carbocycles. The Morgan fingerprint density at radius 1 is 1.50 bits per heavy atom. The van der Waals surface area contributed by atoms with E-state index < -0.39 is 0 Å². The highest BCUT2D eigenvalue weighted by Crippen LogP contribution is 2.10. The van der Waals surface area contributed by atoms with E-state index in [0.717, 1.165) is 24.5 Å². The maximum atomic E-state index is 11.7. The van der Waals surface area contributed by atoms with Crippen molar-refractivity contribution in [2.75, 3.05) is 25.0 Å². The smallest absolute Gasteiger partial charge is 0.241 e. The van der Waals surface area contributed by atoms with E-state index in [1.54, 1.807) is 9.58 Å². The van der Waals surface area contributed by atoms with Crippen LogP contribution in [0.1, 0.15) is 19.5 Å². The lowest BCUT2D eigenvalue weighted by molar-refractivity contribution is -0.128. The molecular formula is C11H20N4O. The molecule has 0 atom stereocenters. The zero-order chi connectivity index (χ0) is 12.1. The van der Waals surface area contributed by atoms with Crippen molar-refractivity contribution in [2.24, 2.45) is 7.05 Å². The van der Waals surface area contributed by atoms with Crippen LogP contribution in [0.4, 0.5) is 5.69 Å². The average Bonchev–Trinajstić information content (AvgIpc) is 2.56. The highest BCUT2D eigenvalue weighted by atomic mass is 16.2. The van der Waals surface area contributed by atoms with Gasteiger partial charge in [0.1, 0.15) is 0 Å². The van der Waals surface area contributed by atoms with Crippen LogP contribution in [0.5, 0.6) is 0 Å². The second-order valence-electron chi connectivity index (χ2n) is 3.72. The molecule has 1 heterocycles. The number of rotatable bonds is 5. The van der Waals surface area contributed by atoms with Crippen molar-refractivity contribution < 1.29 is 4.79 Å². The fourth-order valence-corrected chi connectivity index (χ4v) is 1.63. The van der Waals surface area contributed by atoms with Crippen molar-refractivity contribution >= 4 is 11.6 Å². The van der Waals surface area contributed by atoms with E-state index in [-0.39, 0.29) is 5.91 Å². The molecule has 5 heteroatoms. The first-order valence-electron chi connectivity index (χ1n) is 5.60. The average molecular weight is 224 g/mol. The van der Waals surface area contributed by atoms with Crippen LogP contribution < -0.4 is 5.32 Å². The number of carbonyl (C=O) groups is 1. The summed E-state index contributed by atoms with van der Waals surface area (Å²) in [5.74, 6) is 0.119. The summed E-state index contributed by atoms with van der Waals surface area (Å²) in [5, 5.41) is 7.31. The molecule has 1 N–H and O–H groups in total. The Morgan fingerprint density at radius 3 is 2.56 bits per heavy atom. The Bertz CT molecular complexity index is 355. The molecule has 0 aliphatic rings. The second kappa shape index (κ2) is 5.53. The van der Waals surface area contributed by atoms with Gasteiger partial charge in [-0.2, -0.15) is 5.10 Å². The predicted octanol–water partition coefficient (Wildman–Crippen LogP) is 1.01. The first-order valence-corrected chi connectivity index (χ1v) is 5.60. The molecule has 16 heavy (non-hydrogen) atoms. The minimum Gasteiger partial charge on any atom is -0.373 e. The topological polar surface area (TPSA) is 50.2 Å². The molecule has 1 amide bonds. The minimum absolute atomic E-state index is 0.119. The van der Waals surface area contributed by atoms with Crippen molar-refractivity contribution in [1.29, 1.82) is 0 Å². The number of hydrogen-bond acceptors (Lipinski definition) is 3. The Morgan fingerprint density at radius 2 is 2.12 bits per heavy atom. The third-order valence-corrected chi connectivity index (χ3v) is 2.56. The van der Waals surface area contributed by atoms with Crippen LogP contribution in [-0.2, 0) is 11.8 Å². The monoisotopic (exact) mass is 224 g/mol. The Hall–Kier alpha value is -1.52. The SMILES string of the molecule is CCN(CC)C(=O)CNc1cn(C)nc1C. The number of amides is 1. The molecule has 1 rings (SSSR count). The van der Waals surface area contributed by atoms with E-state index in [2.05, 4.69) is 10.4 Å². The van der Waals surface area contributed by atoms with Crippen molar-refractivity contribution in [2.45, 2.75) is 20.8 Å². The van der Waals surface area contributed by atoms with Crippen LogP contribution in [0.25, 0.3) is 0 Å². The van der Waals surface area contributed by atoms with Gasteiger partial charge in [-0.15, -0.1) is 0 Å². The number of nitrogens with zero attached hydrogens (tertiary/aromatic N) is 3.